The second-order valence-electron chi connectivity index (χ2n) is 11.6. The van der Waals surface area contributed by atoms with Gasteiger partial charge in [0.15, 0.2) is 0 Å². The zero-order chi connectivity index (χ0) is 25.6. The summed E-state index contributed by atoms with van der Waals surface area (Å²) in [6, 6.07) is 13.1. The van der Waals surface area contributed by atoms with Crippen LogP contribution in [0, 0.1) is 5.92 Å². The summed E-state index contributed by atoms with van der Waals surface area (Å²) in [5.74, 6) is 1.10. The van der Waals surface area contributed by atoms with E-state index in [1.54, 1.807) is 18.2 Å². The Balaban J connectivity index is 1.40. The van der Waals surface area contributed by atoms with Gasteiger partial charge < -0.3 is 19.6 Å². The molecule has 1 aliphatic heterocycles. The van der Waals surface area contributed by atoms with Crippen LogP contribution in [0.5, 0.6) is 5.75 Å². The second-order valence-corrected chi connectivity index (χ2v) is 12.5. The normalized spacial score (nSPS) is 32.1. The average Bonchev–Trinajstić information content (AvgIpc) is 3.65. The molecule has 0 aromatic heterocycles. The van der Waals surface area contributed by atoms with Crippen molar-refractivity contribution in [3.05, 3.63) is 63.6 Å². The van der Waals surface area contributed by atoms with Crippen molar-refractivity contribution < 1.29 is 19.1 Å². The van der Waals surface area contributed by atoms with Gasteiger partial charge in [-0.3, -0.25) is 4.79 Å². The van der Waals surface area contributed by atoms with Gasteiger partial charge in [-0.05, 0) is 67.5 Å². The Labute approximate surface area is 224 Å². The highest BCUT2D eigenvalue weighted by atomic mass is 35.5. The summed E-state index contributed by atoms with van der Waals surface area (Å²) in [7, 11) is 4.24. The molecule has 2 N–H and O–H groups in total. The number of rotatable bonds is 7. The summed E-state index contributed by atoms with van der Waals surface area (Å²) in [5.41, 5.74) is 1.35. The van der Waals surface area contributed by atoms with Crippen LogP contribution in [-0.4, -0.2) is 60.9 Å². The van der Waals surface area contributed by atoms with Gasteiger partial charge in [0, 0.05) is 30.9 Å². The van der Waals surface area contributed by atoms with Crippen molar-refractivity contribution in [2.24, 2.45) is 5.92 Å². The first-order chi connectivity index (χ1) is 17.2. The summed E-state index contributed by atoms with van der Waals surface area (Å²) < 4.78 is 7.55. The first-order valence-electron chi connectivity index (χ1n) is 13.1. The number of nitrogens with zero attached hydrogens (tertiary/aromatic N) is 1. The highest BCUT2D eigenvalue weighted by Gasteiger charge is 2.63. The number of hydrogen-bond acceptors (Lipinski definition) is 3. The number of piperidine rings is 1. The van der Waals surface area contributed by atoms with Gasteiger partial charge in [-0.2, -0.15) is 0 Å². The second kappa shape index (κ2) is 9.83. The molecule has 1 unspecified atom stereocenters. The number of quaternary nitrogens is 1. The lowest BCUT2D eigenvalue weighted by Crippen LogP contribution is -2.72. The van der Waals surface area contributed by atoms with Crippen LogP contribution < -0.4 is 5.32 Å². The van der Waals surface area contributed by atoms with Crippen LogP contribution in [0.1, 0.15) is 49.7 Å². The van der Waals surface area contributed by atoms with Gasteiger partial charge in [0.2, 0.25) is 5.91 Å². The molecule has 4 atom stereocenters. The molecule has 1 saturated heterocycles. The Morgan fingerprint density at radius 2 is 1.94 bits per heavy atom. The van der Waals surface area contributed by atoms with Crippen LogP contribution in [0.3, 0.4) is 0 Å². The van der Waals surface area contributed by atoms with E-state index in [0.717, 1.165) is 60.3 Å². The van der Waals surface area contributed by atoms with E-state index in [-0.39, 0.29) is 35.1 Å². The largest absolute Gasteiger partial charge is 0.508 e. The quantitative estimate of drug-likeness (QED) is 0.464. The fourth-order valence-corrected chi connectivity index (χ4v) is 7.40. The zero-order valence-electron chi connectivity index (χ0n) is 21.2. The van der Waals surface area contributed by atoms with Crippen molar-refractivity contribution in [3.8, 4) is 5.75 Å². The smallest absolute Gasteiger partial charge is 0.224 e. The Kier molecular flexibility index (Phi) is 7.05. The summed E-state index contributed by atoms with van der Waals surface area (Å²) in [6.45, 7) is 3.24. The predicted octanol–water partition coefficient (Wildman–Crippen LogP) is 5.49. The molecule has 2 saturated carbocycles. The lowest BCUT2D eigenvalue weighted by Gasteiger charge is -2.61. The molecule has 7 heteroatoms. The molecule has 3 aliphatic rings. The fourth-order valence-electron chi connectivity index (χ4n) is 7.08. The topological polar surface area (TPSA) is 58.6 Å². The maximum atomic E-state index is 13.1. The van der Waals surface area contributed by atoms with Crippen molar-refractivity contribution in [1.82, 2.24) is 5.32 Å². The predicted molar refractivity (Wildman–Crippen MR) is 144 cm³/mol. The van der Waals surface area contributed by atoms with E-state index < -0.39 is 0 Å². The monoisotopic (exact) mass is 531 g/mol. The van der Waals surface area contributed by atoms with Crippen LogP contribution in [0.15, 0.2) is 42.5 Å². The Hall–Kier alpha value is -1.79. The first-order valence-corrected chi connectivity index (χ1v) is 13.8. The molecule has 2 aromatic carbocycles. The molecule has 36 heavy (non-hydrogen) atoms. The zero-order valence-corrected chi connectivity index (χ0v) is 22.7. The van der Waals surface area contributed by atoms with Gasteiger partial charge in [0.1, 0.15) is 17.9 Å². The first kappa shape index (κ1) is 25.8. The maximum absolute atomic E-state index is 13.1. The number of likely N-dealkylation sites (N-methyl/N-ethyl adjacent to an activating group) is 1. The number of likely N-dealkylation sites (tertiary alicyclic amines) is 1. The van der Waals surface area contributed by atoms with Gasteiger partial charge in [-0.25, -0.2) is 0 Å². The molecule has 2 aliphatic carbocycles. The Bertz CT molecular complexity index is 1140. The number of ether oxygens (including phenoxy) is 1. The van der Waals surface area contributed by atoms with Crippen LogP contribution >= 0.6 is 23.2 Å². The molecule has 2 aromatic rings. The van der Waals surface area contributed by atoms with Crippen LogP contribution in [-0.2, 0) is 21.4 Å². The number of fused-ring (bicyclic) bond motifs is 1. The molecule has 3 fully saturated rings. The van der Waals surface area contributed by atoms with Crippen molar-refractivity contribution in [3.63, 3.8) is 0 Å². The standard InChI is InChI=1S/C29H36Cl2N2O3/c1-33(18-20-6-7-20)13-12-28(22-4-3-5-24(34)16-22)17-23(10-11-29(28,19-33)36-2)32-27(35)15-21-8-9-25(30)26(31)14-21/h3-5,8-9,14,16,20,23H,6-7,10-13,15,17-19H2,1-2H3,(H-,32,34,35)/p+1/t23-,28+,29?,33-/m1/s1. The highest BCUT2D eigenvalue weighted by Crippen LogP contribution is 2.55. The number of phenols is 1. The minimum absolute atomic E-state index is 0.0143. The van der Waals surface area contributed by atoms with E-state index in [1.165, 1.54) is 19.4 Å². The number of halogens is 2. The number of benzene rings is 2. The van der Waals surface area contributed by atoms with E-state index in [1.807, 2.05) is 25.3 Å². The number of hydrogen-bond donors (Lipinski definition) is 2. The SMILES string of the molecule is COC12CC[C@@H](NC(=O)Cc3ccc(Cl)c(Cl)c3)C[C@]1(c1cccc(O)c1)CC[N@+](C)(CC1CC1)C2. The van der Waals surface area contributed by atoms with Gasteiger partial charge in [-0.15, -0.1) is 0 Å². The van der Waals surface area contributed by atoms with E-state index in [0.29, 0.717) is 10.0 Å². The highest BCUT2D eigenvalue weighted by molar-refractivity contribution is 6.42. The van der Waals surface area contributed by atoms with Crippen LogP contribution in [0.4, 0.5) is 0 Å². The molecule has 0 bridgehead atoms. The van der Waals surface area contributed by atoms with E-state index >= 15 is 0 Å². The Morgan fingerprint density at radius 1 is 1.14 bits per heavy atom. The molecule has 5 nitrogen and oxygen atoms in total. The number of carbonyl (C=O) groups excluding carboxylic acids is 1. The number of amides is 1. The Morgan fingerprint density at radius 3 is 2.64 bits per heavy atom. The van der Waals surface area contributed by atoms with Crippen molar-refractivity contribution in [1.29, 1.82) is 0 Å². The van der Waals surface area contributed by atoms with Gasteiger partial charge in [0.05, 0.1) is 36.6 Å². The molecule has 1 heterocycles. The lowest BCUT2D eigenvalue weighted by molar-refractivity contribution is -0.925. The minimum atomic E-state index is -0.340. The molecule has 0 spiro atoms. The summed E-state index contributed by atoms with van der Waals surface area (Å²) in [4.78, 5) is 13.1. The molecular formula is C29H37Cl2N2O3+. The fraction of sp³-hybridized carbons (Fsp3) is 0.552. The third-order valence-electron chi connectivity index (χ3n) is 8.98. The summed E-state index contributed by atoms with van der Waals surface area (Å²) >= 11 is 12.2. The van der Waals surface area contributed by atoms with Crippen molar-refractivity contribution >= 4 is 29.1 Å². The number of nitrogens with one attached hydrogen (secondary N) is 1. The van der Waals surface area contributed by atoms with Gasteiger partial charge in [-0.1, -0.05) is 41.4 Å². The van der Waals surface area contributed by atoms with Crippen LogP contribution in [0.2, 0.25) is 10.0 Å². The van der Waals surface area contributed by atoms with E-state index in [4.69, 9.17) is 27.9 Å². The molecule has 5 rings (SSSR count). The molecule has 0 radical (unpaired) electrons. The van der Waals surface area contributed by atoms with Gasteiger partial charge in [0.25, 0.3) is 0 Å². The third-order valence-corrected chi connectivity index (χ3v) is 9.72. The number of carbonyl (C=O) groups is 1. The molecule has 194 valence electrons. The molecule has 1 amide bonds. The summed E-state index contributed by atoms with van der Waals surface area (Å²) in [5, 5.41) is 14.7. The van der Waals surface area contributed by atoms with Crippen molar-refractivity contribution in [2.75, 3.05) is 33.8 Å². The van der Waals surface area contributed by atoms with Crippen molar-refractivity contribution in [2.45, 2.75) is 62.0 Å². The number of aromatic hydroxyl groups is 1. The van der Waals surface area contributed by atoms with Crippen LogP contribution in [0.25, 0.3) is 0 Å². The van der Waals surface area contributed by atoms with Gasteiger partial charge >= 0.3 is 0 Å². The van der Waals surface area contributed by atoms with E-state index in [2.05, 4.69) is 18.4 Å². The van der Waals surface area contributed by atoms with E-state index in [9.17, 15) is 9.90 Å². The summed E-state index contributed by atoms with van der Waals surface area (Å²) in [6.07, 6.45) is 6.45. The minimum Gasteiger partial charge on any atom is -0.508 e. The maximum Gasteiger partial charge on any atom is 0.224 e. The third kappa shape index (κ3) is 5.00. The molecular weight excluding hydrogens is 495 g/mol. The lowest BCUT2D eigenvalue weighted by atomic mass is 9.54. The number of phenolic OH excluding ortho intramolecular Hbond substituents is 1. The average molecular weight is 533 g/mol. The number of methoxy groups -OCH3 is 1.